The van der Waals surface area contributed by atoms with Gasteiger partial charge in [0.25, 0.3) is 0 Å². The summed E-state index contributed by atoms with van der Waals surface area (Å²) in [6, 6.07) is 25.8. The highest BCUT2D eigenvalue weighted by molar-refractivity contribution is 6.33. The standard InChI is InChI=1S/C28H26ClNO3/c1-3-33-23-9-6-8-20(15-23)18(2)30-17-19-13-21-7-4-5-10-24(21)25(14-19)22-11-12-27(29)26(16-22)28(31)32/h4-16,18,30H,3,17H2,1-2H3,(H,31,32). The Balaban J connectivity index is 1.65. The zero-order valence-electron chi connectivity index (χ0n) is 18.6. The maximum absolute atomic E-state index is 11.6. The van der Waals surface area contributed by atoms with Gasteiger partial charge in [-0.15, -0.1) is 0 Å². The van der Waals surface area contributed by atoms with Crippen LogP contribution in [0, 0.1) is 0 Å². The van der Waals surface area contributed by atoms with Crippen LogP contribution in [0.2, 0.25) is 5.02 Å². The van der Waals surface area contributed by atoms with Crippen molar-refractivity contribution >= 4 is 28.3 Å². The Morgan fingerprint density at radius 2 is 1.85 bits per heavy atom. The van der Waals surface area contributed by atoms with Gasteiger partial charge in [-0.05, 0) is 83.3 Å². The summed E-state index contributed by atoms with van der Waals surface area (Å²) in [4.78, 5) is 11.6. The van der Waals surface area contributed by atoms with Crippen molar-refractivity contribution in [3.05, 3.63) is 101 Å². The summed E-state index contributed by atoms with van der Waals surface area (Å²) in [5.41, 5.74) is 4.18. The fourth-order valence-electron chi connectivity index (χ4n) is 4.00. The fraction of sp³-hybridized carbons (Fsp3) is 0.179. The van der Waals surface area contributed by atoms with Gasteiger partial charge in [0, 0.05) is 12.6 Å². The highest BCUT2D eigenvalue weighted by atomic mass is 35.5. The molecule has 168 valence electrons. The Morgan fingerprint density at radius 1 is 1.03 bits per heavy atom. The van der Waals surface area contributed by atoms with Crippen LogP contribution in [-0.4, -0.2) is 17.7 Å². The van der Waals surface area contributed by atoms with Crippen molar-refractivity contribution in [1.82, 2.24) is 5.32 Å². The number of carboxylic acid groups (broad SMARTS) is 1. The Morgan fingerprint density at radius 3 is 2.64 bits per heavy atom. The van der Waals surface area contributed by atoms with Crippen molar-refractivity contribution in [3.63, 3.8) is 0 Å². The molecule has 0 aliphatic rings. The molecule has 0 spiro atoms. The van der Waals surface area contributed by atoms with E-state index in [4.69, 9.17) is 16.3 Å². The molecule has 1 atom stereocenters. The lowest BCUT2D eigenvalue weighted by molar-refractivity contribution is 0.0697. The second-order valence-electron chi connectivity index (χ2n) is 7.97. The summed E-state index contributed by atoms with van der Waals surface area (Å²) in [7, 11) is 0. The molecule has 4 rings (SSSR count). The number of rotatable bonds is 8. The van der Waals surface area contributed by atoms with E-state index >= 15 is 0 Å². The smallest absolute Gasteiger partial charge is 0.337 e. The first-order valence-electron chi connectivity index (χ1n) is 11.0. The second kappa shape index (κ2) is 10.1. The van der Waals surface area contributed by atoms with E-state index < -0.39 is 5.97 Å². The number of hydrogen-bond donors (Lipinski definition) is 2. The van der Waals surface area contributed by atoms with Gasteiger partial charge >= 0.3 is 5.97 Å². The van der Waals surface area contributed by atoms with Crippen LogP contribution in [0.5, 0.6) is 5.75 Å². The SMILES string of the molecule is CCOc1cccc(C(C)NCc2cc(-c3ccc(Cl)c(C(=O)O)c3)c3ccccc3c2)c1. The lowest BCUT2D eigenvalue weighted by Crippen LogP contribution is -2.18. The minimum absolute atomic E-state index is 0.101. The minimum Gasteiger partial charge on any atom is -0.494 e. The average molecular weight is 460 g/mol. The van der Waals surface area contributed by atoms with Crippen LogP contribution in [-0.2, 0) is 6.54 Å². The monoisotopic (exact) mass is 459 g/mol. The molecule has 0 aliphatic carbocycles. The van der Waals surface area contributed by atoms with Crippen LogP contribution in [0.25, 0.3) is 21.9 Å². The number of carboxylic acids is 1. The molecule has 5 heteroatoms. The molecule has 0 saturated heterocycles. The summed E-state index contributed by atoms with van der Waals surface area (Å²) in [5.74, 6) is -0.166. The minimum atomic E-state index is -1.04. The number of carbonyl (C=O) groups is 1. The van der Waals surface area contributed by atoms with E-state index in [2.05, 4.69) is 48.6 Å². The van der Waals surface area contributed by atoms with E-state index in [0.29, 0.717) is 13.2 Å². The third-order valence-electron chi connectivity index (χ3n) is 5.71. The van der Waals surface area contributed by atoms with Crippen LogP contribution in [0.4, 0.5) is 0 Å². The molecule has 0 saturated carbocycles. The zero-order valence-corrected chi connectivity index (χ0v) is 19.4. The maximum atomic E-state index is 11.6. The third-order valence-corrected chi connectivity index (χ3v) is 6.04. The van der Waals surface area contributed by atoms with Gasteiger partial charge in [-0.1, -0.05) is 54.1 Å². The van der Waals surface area contributed by atoms with Gasteiger partial charge in [0.1, 0.15) is 5.75 Å². The number of benzene rings is 4. The first kappa shape index (κ1) is 22.8. The maximum Gasteiger partial charge on any atom is 0.337 e. The van der Waals surface area contributed by atoms with Crippen molar-refractivity contribution < 1.29 is 14.6 Å². The summed E-state index contributed by atoms with van der Waals surface area (Å²) >= 11 is 6.10. The Kier molecular flexibility index (Phi) is 6.97. The molecule has 0 bridgehead atoms. The van der Waals surface area contributed by atoms with Gasteiger partial charge in [-0.3, -0.25) is 0 Å². The van der Waals surface area contributed by atoms with E-state index in [1.54, 1.807) is 12.1 Å². The number of hydrogen-bond acceptors (Lipinski definition) is 3. The average Bonchev–Trinajstić information content (AvgIpc) is 2.82. The molecule has 0 radical (unpaired) electrons. The summed E-state index contributed by atoms with van der Waals surface area (Å²) in [6.07, 6.45) is 0. The highest BCUT2D eigenvalue weighted by Crippen LogP contribution is 2.33. The molecule has 4 aromatic carbocycles. The molecular formula is C28H26ClNO3. The molecule has 0 fully saturated rings. The molecule has 33 heavy (non-hydrogen) atoms. The molecule has 4 nitrogen and oxygen atoms in total. The van der Waals surface area contributed by atoms with E-state index in [0.717, 1.165) is 38.8 Å². The van der Waals surface area contributed by atoms with Crippen LogP contribution in [0.3, 0.4) is 0 Å². The molecular weight excluding hydrogens is 434 g/mol. The van der Waals surface area contributed by atoms with Crippen molar-refractivity contribution in [2.45, 2.75) is 26.4 Å². The number of nitrogens with one attached hydrogen (secondary N) is 1. The van der Waals surface area contributed by atoms with Crippen LogP contribution >= 0.6 is 11.6 Å². The van der Waals surface area contributed by atoms with Crippen molar-refractivity contribution in [2.75, 3.05) is 6.61 Å². The van der Waals surface area contributed by atoms with Crippen LogP contribution in [0.15, 0.2) is 78.9 Å². The van der Waals surface area contributed by atoms with Gasteiger partial charge in [-0.25, -0.2) is 4.79 Å². The van der Waals surface area contributed by atoms with Gasteiger partial charge in [0.2, 0.25) is 0 Å². The molecule has 0 aliphatic heterocycles. The summed E-state index contributed by atoms with van der Waals surface area (Å²) in [6.45, 7) is 5.41. The van der Waals surface area contributed by atoms with Gasteiger partial charge in [0.15, 0.2) is 0 Å². The lowest BCUT2D eigenvalue weighted by atomic mass is 9.94. The molecule has 1 unspecified atom stereocenters. The highest BCUT2D eigenvalue weighted by Gasteiger charge is 2.13. The molecule has 0 aromatic heterocycles. The second-order valence-corrected chi connectivity index (χ2v) is 8.38. The lowest BCUT2D eigenvalue weighted by Gasteiger charge is -2.17. The fourth-order valence-corrected chi connectivity index (χ4v) is 4.20. The van der Waals surface area contributed by atoms with Crippen molar-refractivity contribution in [3.8, 4) is 16.9 Å². The molecule has 0 amide bonds. The number of ether oxygens (including phenoxy) is 1. The first-order valence-corrected chi connectivity index (χ1v) is 11.3. The van der Waals surface area contributed by atoms with E-state index in [-0.39, 0.29) is 16.6 Å². The number of aromatic carboxylic acids is 1. The summed E-state index contributed by atoms with van der Waals surface area (Å²) < 4.78 is 5.63. The van der Waals surface area contributed by atoms with Crippen LogP contribution < -0.4 is 10.1 Å². The first-order chi connectivity index (χ1) is 16.0. The Labute approximate surface area is 198 Å². The molecule has 4 aromatic rings. The van der Waals surface area contributed by atoms with Gasteiger partial charge in [0.05, 0.1) is 17.2 Å². The van der Waals surface area contributed by atoms with E-state index in [1.807, 2.05) is 37.3 Å². The summed E-state index contributed by atoms with van der Waals surface area (Å²) in [5, 5.41) is 15.5. The topological polar surface area (TPSA) is 58.6 Å². The largest absolute Gasteiger partial charge is 0.494 e. The predicted molar refractivity (Wildman–Crippen MR) is 134 cm³/mol. The van der Waals surface area contributed by atoms with Crippen LogP contribution in [0.1, 0.15) is 41.4 Å². The van der Waals surface area contributed by atoms with Gasteiger partial charge < -0.3 is 15.2 Å². The van der Waals surface area contributed by atoms with E-state index in [1.165, 1.54) is 0 Å². The normalized spacial score (nSPS) is 12.0. The quantitative estimate of drug-likeness (QED) is 0.295. The number of fused-ring (bicyclic) bond motifs is 1. The van der Waals surface area contributed by atoms with Crippen molar-refractivity contribution in [2.24, 2.45) is 0 Å². The number of halogens is 1. The zero-order chi connectivity index (χ0) is 23.4. The Hall–Kier alpha value is -3.34. The van der Waals surface area contributed by atoms with Crippen molar-refractivity contribution in [1.29, 1.82) is 0 Å². The Bertz CT molecular complexity index is 1300. The molecule has 2 N–H and O–H groups in total. The molecule has 0 heterocycles. The van der Waals surface area contributed by atoms with E-state index in [9.17, 15) is 9.90 Å². The van der Waals surface area contributed by atoms with Gasteiger partial charge in [-0.2, -0.15) is 0 Å². The predicted octanol–water partition coefficient (Wildman–Crippen LogP) is 7.11. The third kappa shape index (κ3) is 5.19.